The maximum absolute atomic E-state index is 9.05. The van der Waals surface area contributed by atoms with Crippen LogP contribution in [0.4, 0.5) is 0 Å². The molecule has 0 spiro atoms. The molecule has 1 N–H and O–H groups in total. The van der Waals surface area contributed by atoms with Crippen LogP contribution in [-0.4, -0.2) is 5.11 Å². The summed E-state index contributed by atoms with van der Waals surface area (Å²) in [6.45, 7) is 2.36. The molecule has 0 unspecified atom stereocenters. The second-order valence-electron chi connectivity index (χ2n) is 4.22. The van der Waals surface area contributed by atoms with E-state index in [2.05, 4.69) is 37.3 Å². The second-order valence-corrected chi connectivity index (χ2v) is 5.39. The zero-order valence-electron chi connectivity index (χ0n) is 10.1. The summed E-state index contributed by atoms with van der Waals surface area (Å²) in [5.41, 5.74) is 2.66. The average molecular weight is 246 g/mol. The molecule has 2 rings (SSSR count). The largest absolute Gasteiger partial charge is 0.391 e. The van der Waals surface area contributed by atoms with E-state index in [0.717, 1.165) is 4.88 Å². The van der Waals surface area contributed by atoms with Gasteiger partial charge in [-0.3, -0.25) is 0 Å². The highest BCUT2D eigenvalue weighted by Gasteiger charge is 2.02. The Hall–Kier alpha value is -1.12. The highest BCUT2D eigenvalue weighted by atomic mass is 32.1. The summed E-state index contributed by atoms with van der Waals surface area (Å²) < 4.78 is 0. The number of thiophene rings is 1. The molecular formula is C15H18OS. The van der Waals surface area contributed by atoms with Crippen molar-refractivity contribution >= 4 is 11.3 Å². The van der Waals surface area contributed by atoms with E-state index in [9.17, 15) is 0 Å². The summed E-state index contributed by atoms with van der Waals surface area (Å²) in [6, 6.07) is 12.9. The SMILES string of the molecule is CCCCc1ccc(-c2ccc(CO)s2)cc1. The molecule has 1 aromatic carbocycles. The molecule has 0 bridgehead atoms. The number of aliphatic hydroxyl groups is 1. The van der Waals surface area contributed by atoms with E-state index in [4.69, 9.17) is 5.11 Å². The summed E-state index contributed by atoms with van der Waals surface area (Å²) in [4.78, 5) is 2.26. The van der Waals surface area contributed by atoms with E-state index in [1.807, 2.05) is 6.07 Å². The van der Waals surface area contributed by atoms with Gasteiger partial charge in [-0.05, 0) is 36.1 Å². The summed E-state index contributed by atoms with van der Waals surface area (Å²) >= 11 is 1.66. The zero-order valence-corrected chi connectivity index (χ0v) is 11.0. The molecule has 90 valence electrons. The molecule has 0 amide bonds. The van der Waals surface area contributed by atoms with Crippen molar-refractivity contribution in [2.45, 2.75) is 32.8 Å². The number of aryl methyl sites for hydroxylation is 1. The quantitative estimate of drug-likeness (QED) is 0.836. The van der Waals surface area contributed by atoms with Crippen LogP contribution in [0, 0.1) is 0 Å². The Morgan fingerprint density at radius 2 is 1.82 bits per heavy atom. The van der Waals surface area contributed by atoms with Crippen LogP contribution in [0.15, 0.2) is 36.4 Å². The van der Waals surface area contributed by atoms with Gasteiger partial charge < -0.3 is 5.11 Å². The van der Waals surface area contributed by atoms with Gasteiger partial charge in [0.2, 0.25) is 0 Å². The fraction of sp³-hybridized carbons (Fsp3) is 0.333. The van der Waals surface area contributed by atoms with E-state index in [-0.39, 0.29) is 6.61 Å². The normalized spacial score (nSPS) is 10.7. The van der Waals surface area contributed by atoms with Gasteiger partial charge in [0, 0.05) is 9.75 Å². The van der Waals surface area contributed by atoms with Gasteiger partial charge in [0.15, 0.2) is 0 Å². The average Bonchev–Trinajstić information content (AvgIpc) is 2.86. The van der Waals surface area contributed by atoms with E-state index in [0.29, 0.717) is 0 Å². The first kappa shape index (κ1) is 12.3. The number of rotatable bonds is 5. The third-order valence-electron chi connectivity index (χ3n) is 2.87. The molecule has 17 heavy (non-hydrogen) atoms. The molecule has 0 aliphatic rings. The smallest absolute Gasteiger partial charge is 0.0774 e. The number of unbranched alkanes of at least 4 members (excludes halogenated alkanes) is 1. The van der Waals surface area contributed by atoms with E-state index in [1.54, 1.807) is 11.3 Å². The predicted octanol–water partition coefficient (Wildman–Crippen LogP) is 4.25. The first-order chi connectivity index (χ1) is 8.33. The van der Waals surface area contributed by atoms with Crippen LogP contribution in [0.3, 0.4) is 0 Å². The Kier molecular flexibility index (Phi) is 4.35. The molecule has 2 heteroatoms. The molecule has 1 nitrogen and oxygen atoms in total. The van der Waals surface area contributed by atoms with Crippen LogP contribution >= 0.6 is 11.3 Å². The summed E-state index contributed by atoms with van der Waals surface area (Å²) in [6.07, 6.45) is 3.67. The lowest BCUT2D eigenvalue weighted by molar-refractivity contribution is 0.285. The molecular weight excluding hydrogens is 228 g/mol. The van der Waals surface area contributed by atoms with Crippen molar-refractivity contribution < 1.29 is 5.11 Å². The third-order valence-corrected chi connectivity index (χ3v) is 3.99. The monoisotopic (exact) mass is 246 g/mol. The summed E-state index contributed by atoms with van der Waals surface area (Å²) in [5, 5.41) is 9.05. The maximum Gasteiger partial charge on any atom is 0.0774 e. The lowest BCUT2D eigenvalue weighted by atomic mass is 10.1. The van der Waals surface area contributed by atoms with Gasteiger partial charge in [-0.1, -0.05) is 37.6 Å². The molecule has 0 radical (unpaired) electrons. The molecule has 2 aromatic rings. The molecule has 0 fully saturated rings. The van der Waals surface area contributed by atoms with E-state index < -0.39 is 0 Å². The molecule has 1 aromatic heterocycles. The fourth-order valence-electron chi connectivity index (χ4n) is 1.83. The predicted molar refractivity (Wildman–Crippen MR) is 74.3 cm³/mol. The van der Waals surface area contributed by atoms with Crippen LogP contribution in [-0.2, 0) is 13.0 Å². The standard InChI is InChI=1S/C15H18OS/c1-2-3-4-12-5-7-13(8-6-12)15-10-9-14(11-16)17-15/h5-10,16H,2-4,11H2,1H3. The van der Waals surface area contributed by atoms with Gasteiger partial charge in [-0.25, -0.2) is 0 Å². The van der Waals surface area contributed by atoms with Crippen molar-refractivity contribution in [3.8, 4) is 10.4 Å². The van der Waals surface area contributed by atoms with Gasteiger partial charge in [0.1, 0.15) is 0 Å². The van der Waals surface area contributed by atoms with E-state index in [1.165, 1.54) is 35.3 Å². The Labute approximate surface area is 107 Å². The molecule has 0 saturated heterocycles. The summed E-state index contributed by atoms with van der Waals surface area (Å²) in [7, 11) is 0. The maximum atomic E-state index is 9.05. The van der Waals surface area contributed by atoms with Crippen molar-refractivity contribution in [2.24, 2.45) is 0 Å². The summed E-state index contributed by atoms with van der Waals surface area (Å²) in [5.74, 6) is 0. The lowest BCUT2D eigenvalue weighted by Crippen LogP contribution is -1.83. The van der Waals surface area contributed by atoms with Gasteiger partial charge in [-0.15, -0.1) is 11.3 Å². The van der Waals surface area contributed by atoms with Crippen LogP contribution in [0.5, 0.6) is 0 Å². The van der Waals surface area contributed by atoms with Gasteiger partial charge >= 0.3 is 0 Å². The third kappa shape index (κ3) is 3.18. The van der Waals surface area contributed by atoms with Crippen LogP contribution in [0.1, 0.15) is 30.2 Å². The van der Waals surface area contributed by atoms with Crippen molar-refractivity contribution in [3.63, 3.8) is 0 Å². The van der Waals surface area contributed by atoms with Gasteiger partial charge in [-0.2, -0.15) is 0 Å². The number of benzene rings is 1. The van der Waals surface area contributed by atoms with Gasteiger partial charge in [0.25, 0.3) is 0 Å². The molecule has 0 aliphatic heterocycles. The van der Waals surface area contributed by atoms with Crippen LogP contribution in [0.25, 0.3) is 10.4 Å². The topological polar surface area (TPSA) is 20.2 Å². The molecule has 1 heterocycles. The van der Waals surface area contributed by atoms with Crippen molar-refractivity contribution in [3.05, 3.63) is 46.8 Å². The highest BCUT2D eigenvalue weighted by molar-refractivity contribution is 7.15. The molecule has 0 aliphatic carbocycles. The van der Waals surface area contributed by atoms with Crippen LogP contribution < -0.4 is 0 Å². The number of hydrogen-bond acceptors (Lipinski definition) is 2. The molecule has 0 atom stereocenters. The Morgan fingerprint density at radius 3 is 2.41 bits per heavy atom. The highest BCUT2D eigenvalue weighted by Crippen LogP contribution is 2.28. The first-order valence-corrected chi connectivity index (χ1v) is 6.94. The zero-order chi connectivity index (χ0) is 12.1. The minimum absolute atomic E-state index is 0.138. The Balaban J connectivity index is 2.11. The lowest BCUT2D eigenvalue weighted by Gasteiger charge is -2.01. The minimum atomic E-state index is 0.138. The Bertz CT molecular complexity index is 456. The fourth-order valence-corrected chi connectivity index (χ4v) is 2.71. The Morgan fingerprint density at radius 1 is 1.06 bits per heavy atom. The first-order valence-electron chi connectivity index (χ1n) is 6.12. The van der Waals surface area contributed by atoms with E-state index >= 15 is 0 Å². The van der Waals surface area contributed by atoms with Crippen molar-refractivity contribution in [2.75, 3.05) is 0 Å². The second kappa shape index (κ2) is 5.99. The van der Waals surface area contributed by atoms with Crippen LogP contribution in [0.2, 0.25) is 0 Å². The number of hydrogen-bond donors (Lipinski definition) is 1. The van der Waals surface area contributed by atoms with Crippen molar-refractivity contribution in [1.29, 1.82) is 0 Å². The molecule has 0 saturated carbocycles. The van der Waals surface area contributed by atoms with Crippen molar-refractivity contribution in [1.82, 2.24) is 0 Å². The minimum Gasteiger partial charge on any atom is -0.391 e. The van der Waals surface area contributed by atoms with Gasteiger partial charge in [0.05, 0.1) is 6.61 Å². The number of aliphatic hydroxyl groups excluding tert-OH is 1.